The van der Waals surface area contributed by atoms with Crippen LogP contribution in [0, 0.1) is 0 Å². The number of anilines is 3. The summed E-state index contributed by atoms with van der Waals surface area (Å²) in [6.07, 6.45) is 0. The summed E-state index contributed by atoms with van der Waals surface area (Å²) in [4.78, 5) is 2.40. The van der Waals surface area contributed by atoms with Crippen molar-refractivity contribution in [1.82, 2.24) is 0 Å². The average molecular weight is 664 g/mol. The minimum absolute atomic E-state index is 0.909. The first-order valence-electron chi connectivity index (χ1n) is 17.8. The molecule has 0 amide bonds. The van der Waals surface area contributed by atoms with E-state index in [9.17, 15) is 0 Å². The van der Waals surface area contributed by atoms with Gasteiger partial charge in [0.05, 0.1) is 5.69 Å². The maximum Gasteiger partial charge on any atom is 0.135 e. The molecule has 10 aromatic rings. The molecule has 0 radical (unpaired) electrons. The molecule has 2 nitrogen and oxygen atoms in total. The molecule has 0 unspecified atom stereocenters. The van der Waals surface area contributed by atoms with Gasteiger partial charge in [-0.2, -0.15) is 0 Å². The minimum Gasteiger partial charge on any atom is -0.456 e. The van der Waals surface area contributed by atoms with Crippen LogP contribution in [0.3, 0.4) is 0 Å². The molecular weight excluding hydrogens is 631 g/mol. The fraction of sp³-hybridized carbons (Fsp3) is 0. The standard InChI is InChI=1S/C50H33NO/c1-2-10-34(11-3-1)35-18-20-36(21-19-35)37-22-27-41(28-23-37)51(48-33-40-12-4-5-13-43(40)44-14-6-7-15-45(44)48)42-29-24-38(25-30-42)39-26-31-50-47(32-39)46-16-8-9-17-49(46)52-50/h1-33H. The summed E-state index contributed by atoms with van der Waals surface area (Å²) in [5, 5.41) is 7.20. The first-order valence-corrected chi connectivity index (χ1v) is 17.8. The summed E-state index contributed by atoms with van der Waals surface area (Å²) >= 11 is 0. The van der Waals surface area contributed by atoms with Gasteiger partial charge in [-0.25, -0.2) is 0 Å². The lowest BCUT2D eigenvalue weighted by Gasteiger charge is -2.28. The second-order valence-electron chi connectivity index (χ2n) is 13.3. The Hall–Kier alpha value is -6.90. The summed E-state index contributed by atoms with van der Waals surface area (Å²) < 4.78 is 6.11. The van der Waals surface area contributed by atoms with E-state index >= 15 is 0 Å². The number of nitrogens with zero attached hydrogens (tertiary/aromatic N) is 1. The van der Waals surface area contributed by atoms with Crippen LogP contribution in [0.2, 0.25) is 0 Å². The molecule has 1 heterocycles. The normalized spacial score (nSPS) is 11.5. The van der Waals surface area contributed by atoms with E-state index in [0.717, 1.165) is 50.1 Å². The predicted octanol–water partition coefficient (Wildman–Crippen LogP) is 14.4. The monoisotopic (exact) mass is 663 g/mol. The number of para-hydroxylation sites is 1. The van der Waals surface area contributed by atoms with E-state index in [4.69, 9.17) is 4.42 Å². The summed E-state index contributed by atoms with van der Waals surface area (Å²) in [5.74, 6) is 0. The van der Waals surface area contributed by atoms with Crippen molar-refractivity contribution in [3.8, 4) is 33.4 Å². The molecule has 0 fully saturated rings. The van der Waals surface area contributed by atoms with Crippen LogP contribution in [0.1, 0.15) is 0 Å². The largest absolute Gasteiger partial charge is 0.456 e. The van der Waals surface area contributed by atoms with Crippen molar-refractivity contribution >= 4 is 60.5 Å². The number of furan rings is 1. The number of fused-ring (bicyclic) bond motifs is 6. The van der Waals surface area contributed by atoms with Gasteiger partial charge in [0, 0.05) is 27.5 Å². The number of rotatable bonds is 6. The molecular formula is C50H33NO. The fourth-order valence-corrected chi connectivity index (χ4v) is 7.64. The Morgan fingerprint density at radius 1 is 0.288 bits per heavy atom. The van der Waals surface area contributed by atoms with Crippen molar-refractivity contribution in [2.75, 3.05) is 4.90 Å². The molecule has 0 saturated heterocycles. The van der Waals surface area contributed by atoms with Crippen LogP contribution >= 0.6 is 0 Å². The Bertz CT molecular complexity index is 2870. The smallest absolute Gasteiger partial charge is 0.135 e. The Morgan fingerprint density at radius 3 is 1.42 bits per heavy atom. The van der Waals surface area contributed by atoms with Gasteiger partial charge in [0.1, 0.15) is 11.2 Å². The highest BCUT2D eigenvalue weighted by Crippen LogP contribution is 2.43. The van der Waals surface area contributed by atoms with Crippen molar-refractivity contribution in [3.05, 3.63) is 200 Å². The zero-order valence-electron chi connectivity index (χ0n) is 28.4. The lowest BCUT2D eigenvalue weighted by molar-refractivity contribution is 0.669. The van der Waals surface area contributed by atoms with Gasteiger partial charge in [0.2, 0.25) is 0 Å². The third kappa shape index (κ3) is 5.21. The van der Waals surface area contributed by atoms with E-state index in [1.807, 2.05) is 12.1 Å². The van der Waals surface area contributed by atoms with E-state index in [1.165, 1.54) is 43.8 Å². The van der Waals surface area contributed by atoms with Gasteiger partial charge in [-0.15, -0.1) is 0 Å². The Labute approximate surface area is 302 Å². The third-order valence-electron chi connectivity index (χ3n) is 10.3. The Kier molecular flexibility index (Phi) is 7.18. The van der Waals surface area contributed by atoms with Crippen molar-refractivity contribution < 1.29 is 4.42 Å². The zero-order chi connectivity index (χ0) is 34.4. The molecule has 0 N–H and O–H groups in total. The molecule has 0 aliphatic rings. The molecule has 9 aromatic carbocycles. The molecule has 0 atom stereocenters. The lowest BCUT2D eigenvalue weighted by atomic mass is 9.98. The van der Waals surface area contributed by atoms with Crippen LogP contribution in [0.5, 0.6) is 0 Å². The van der Waals surface area contributed by atoms with Crippen LogP contribution < -0.4 is 4.90 Å². The van der Waals surface area contributed by atoms with E-state index < -0.39 is 0 Å². The minimum atomic E-state index is 0.909. The Morgan fingerprint density at radius 2 is 0.750 bits per heavy atom. The number of hydrogen-bond acceptors (Lipinski definition) is 2. The van der Waals surface area contributed by atoms with E-state index in [-0.39, 0.29) is 0 Å². The van der Waals surface area contributed by atoms with Gasteiger partial charge in [-0.1, -0.05) is 152 Å². The van der Waals surface area contributed by atoms with Crippen LogP contribution in [0.15, 0.2) is 205 Å². The van der Waals surface area contributed by atoms with Crippen molar-refractivity contribution in [1.29, 1.82) is 0 Å². The predicted molar refractivity (Wildman–Crippen MR) is 220 cm³/mol. The topological polar surface area (TPSA) is 16.4 Å². The average Bonchev–Trinajstić information content (AvgIpc) is 3.60. The molecule has 52 heavy (non-hydrogen) atoms. The molecule has 0 aliphatic carbocycles. The van der Waals surface area contributed by atoms with Gasteiger partial charge in [-0.3, -0.25) is 0 Å². The van der Waals surface area contributed by atoms with Crippen molar-refractivity contribution in [3.63, 3.8) is 0 Å². The highest BCUT2D eigenvalue weighted by atomic mass is 16.3. The quantitative estimate of drug-likeness (QED) is 0.165. The zero-order valence-corrected chi connectivity index (χ0v) is 28.4. The van der Waals surface area contributed by atoms with E-state index in [0.29, 0.717) is 0 Å². The van der Waals surface area contributed by atoms with Gasteiger partial charge in [-0.05, 0) is 98.1 Å². The van der Waals surface area contributed by atoms with Crippen LogP contribution in [0.4, 0.5) is 17.1 Å². The second kappa shape index (κ2) is 12.5. The summed E-state index contributed by atoms with van der Waals surface area (Å²) in [6.45, 7) is 0. The second-order valence-corrected chi connectivity index (χ2v) is 13.3. The third-order valence-corrected chi connectivity index (χ3v) is 10.3. The first kappa shape index (κ1) is 30.0. The number of benzene rings is 9. The molecule has 244 valence electrons. The van der Waals surface area contributed by atoms with Gasteiger partial charge >= 0.3 is 0 Å². The molecule has 2 heteroatoms. The molecule has 0 spiro atoms. The SMILES string of the molecule is c1ccc(-c2ccc(-c3ccc(N(c4ccc(-c5ccc6oc7ccccc7c6c5)cc4)c4cc5ccccc5c5ccccc45)cc3)cc2)cc1. The van der Waals surface area contributed by atoms with Crippen LogP contribution in [-0.2, 0) is 0 Å². The van der Waals surface area contributed by atoms with Crippen molar-refractivity contribution in [2.24, 2.45) is 0 Å². The van der Waals surface area contributed by atoms with E-state index in [1.54, 1.807) is 0 Å². The maximum atomic E-state index is 6.11. The van der Waals surface area contributed by atoms with E-state index in [2.05, 4.69) is 193 Å². The van der Waals surface area contributed by atoms with Crippen molar-refractivity contribution in [2.45, 2.75) is 0 Å². The van der Waals surface area contributed by atoms with Crippen LogP contribution in [0.25, 0.3) is 76.9 Å². The van der Waals surface area contributed by atoms with Gasteiger partial charge in [0.25, 0.3) is 0 Å². The van der Waals surface area contributed by atoms with Crippen LogP contribution in [-0.4, -0.2) is 0 Å². The highest BCUT2D eigenvalue weighted by molar-refractivity contribution is 6.14. The first-order chi connectivity index (χ1) is 25.8. The summed E-state index contributed by atoms with van der Waals surface area (Å²) in [7, 11) is 0. The fourth-order valence-electron chi connectivity index (χ4n) is 7.64. The molecule has 0 saturated carbocycles. The summed E-state index contributed by atoms with van der Waals surface area (Å²) in [6, 6.07) is 71.8. The number of hydrogen-bond donors (Lipinski definition) is 0. The molecule has 10 rings (SSSR count). The molecule has 0 aliphatic heterocycles. The Balaban J connectivity index is 1.07. The lowest BCUT2D eigenvalue weighted by Crippen LogP contribution is -2.10. The van der Waals surface area contributed by atoms with Gasteiger partial charge in [0.15, 0.2) is 0 Å². The van der Waals surface area contributed by atoms with Gasteiger partial charge < -0.3 is 9.32 Å². The highest BCUT2D eigenvalue weighted by Gasteiger charge is 2.18. The summed E-state index contributed by atoms with van der Waals surface area (Å²) in [5.41, 5.74) is 12.3. The molecule has 1 aromatic heterocycles. The molecule has 0 bridgehead atoms. The maximum absolute atomic E-state index is 6.11.